The lowest BCUT2D eigenvalue weighted by Gasteiger charge is -2.19. The third-order valence-corrected chi connectivity index (χ3v) is 6.80. The van der Waals surface area contributed by atoms with E-state index in [4.69, 9.17) is 10.7 Å². The van der Waals surface area contributed by atoms with E-state index in [1.807, 2.05) is 5.41 Å². The molecule has 1 saturated carbocycles. The molecule has 0 aromatic heterocycles. The zero-order chi connectivity index (χ0) is 11.4. The Bertz CT molecular complexity index is 494. The third kappa shape index (κ3) is 1.58. The number of fused-ring (bicyclic) bond motifs is 1. The molecule has 0 aromatic rings. The van der Waals surface area contributed by atoms with Crippen molar-refractivity contribution in [1.29, 1.82) is 0 Å². The Hall–Kier alpha value is -0.200. The van der Waals surface area contributed by atoms with Crippen LogP contribution in [-0.2, 0) is 9.05 Å². The molecule has 2 heterocycles. The van der Waals surface area contributed by atoms with E-state index in [1.165, 1.54) is 0 Å². The Morgan fingerprint density at radius 2 is 2.31 bits per heavy atom. The van der Waals surface area contributed by atoms with Gasteiger partial charge in [0, 0.05) is 29.3 Å². The van der Waals surface area contributed by atoms with Crippen molar-refractivity contribution in [2.24, 2.45) is 4.99 Å². The minimum absolute atomic E-state index is 0.533. The predicted molar refractivity (Wildman–Crippen MR) is 66.0 cm³/mol. The fourth-order valence-electron chi connectivity index (χ4n) is 2.09. The summed E-state index contributed by atoms with van der Waals surface area (Å²) in [6.45, 7) is 1.67. The number of thioether (sulfide) groups is 1. The van der Waals surface area contributed by atoms with Crippen molar-refractivity contribution in [2.75, 3.05) is 13.1 Å². The molecule has 88 valence electrons. The molecule has 0 amide bonds. The number of aliphatic imine (C=N–C) groups is 1. The van der Waals surface area contributed by atoms with Crippen molar-refractivity contribution in [3.05, 3.63) is 11.1 Å². The molecule has 0 saturated heterocycles. The summed E-state index contributed by atoms with van der Waals surface area (Å²) in [4.78, 5) is 6.44. The summed E-state index contributed by atoms with van der Waals surface area (Å²) in [5.74, 6) is 0. The van der Waals surface area contributed by atoms with Crippen LogP contribution in [0.4, 0.5) is 0 Å². The maximum atomic E-state index is 11.5. The predicted octanol–water partition coefficient (Wildman–Crippen LogP) is 1.74. The minimum atomic E-state index is -3.45. The molecule has 3 rings (SSSR count). The monoisotopic (exact) mass is 278 g/mol. The van der Waals surface area contributed by atoms with Gasteiger partial charge in [-0.3, -0.25) is 4.99 Å². The number of amidine groups is 1. The van der Waals surface area contributed by atoms with Crippen molar-refractivity contribution in [3.63, 3.8) is 0 Å². The van der Waals surface area contributed by atoms with Crippen molar-refractivity contribution in [2.45, 2.75) is 24.0 Å². The van der Waals surface area contributed by atoms with Crippen LogP contribution in [0, 0.1) is 0 Å². The van der Waals surface area contributed by atoms with E-state index >= 15 is 0 Å². The Labute approximate surface area is 103 Å². The van der Waals surface area contributed by atoms with Crippen LogP contribution < -0.4 is 0 Å². The molecular weight excluding hydrogens is 268 g/mol. The van der Waals surface area contributed by atoms with Gasteiger partial charge in [0.1, 0.15) is 0 Å². The fraction of sp³-hybridized carbons (Fsp3) is 0.667. The summed E-state index contributed by atoms with van der Waals surface area (Å²) < 4.78 is 22.3. The molecule has 3 aliphatic rings. The number of allylic oxidation sites excluding steroid dienone is 1. The average molecular weight is 279 g/mol. The van der Waals surface area contributed by atoms with Gasteiger partial charge in [-0.2, -0.15) is 0 Å². The lowest BCUT2D eigenvalue weighted by molar-refractivity contribution is 0.526. The molecule has 0 bridgehead atoms. The Balaban J connectivity index is 1.80. The normalized spacial score (nSPS) is 26.4. The molecule has 0 unspecified atom stereocenters. The first-order valence-corrected chi connectivity index (χ1v) is 8.33. The van der Waals surface area contributed by atoms with E-state index in [2.05, 4.69) is 9.89 Å². The molecule has 1 fully saturated rings. The number of hydrogen-bond acceptors (Lipinski definition) is 5. The van der Waals surface area contributed by atoms with E-state index in [9.17, 15) is 8.42 Å². The second-order valence-electron chi connectivity index (χ2n) is 4.34. The van der Waals surface area contributed by atoms with E-state index in [0.717, 1.165) is 24.0 Å². The summed E-state index contributed by atoms with van der Waals surface area (Å²) in [5, 5.41) is 3.00. The van der Waals surface area contributed by atoms with Crippen LogP contribution in [0.25, 0.3) is 0 Å². The largest absolute Gasteiger partial charge is 0.322 e. The molecule has 4 nitrogen and oxygen atoms in total. The second-order valence-corrected chi connectivity index (χ2v) is 8.14. The first-order chi connectivity index (χ1) is 7.52. The first kappa shape index (κ1) is 10.9. The van der Waals surface area contributed by atoms with Crippen molar-refractivity contribution in [3.8, 4) is 0 Å². The molecule has 1 aliphatic carbocycles. The highest BCUT2D eigenvalue weighted by molar-refractivity contribution is 8.16. The van der Waals surface area contributed by atoms with Crippen LogP contribution >= 0.6 is 22.4 Å². The molecule has 0 atom stereocenters. The Kier molecular flexibility index (Phi) is 2.32. The first-order valence-electron chi connectivity index (χ1n) is 5.14. The van der Waals surface area contributed by atoms with Gasteiger partial charge in [0.25, 0.3) is 0 Å². The highest BCUT2D eigenvalue weighted by atomic mass is 35.7. The summed E-state index contributed by atoms with van der Waals surface area (Å²) in [7, 11) is 2.05. The van der Waals surface area contributed by atoms with Crippen LogP contribution in [0.3, 0.4) is 0 Å². The van der Waals surface area contributed by atoms with Gasteiger partial charge in [-0.25, -0.2) is 8.42 Å². The van der Waals surface area contributed by atoms with E-state index in [0.29, 0.717) is 19.3 Å². The van der Waals surface area contributed by atoms with E-state index in [-0.39, 0.29) is 0 Å². The lowest BCUT2D eigenvalue weighted by atomic mass is 10.2. The summed E-state index contributed by atoms with van der Waals surface area (Å²) >= 11 is 1.58. The summed E-state index contributed by atoms with van der Waals surface area (Å²) in [6, 6.07) is 0. The Morgan fingerprint density at radius 1 is 1.56 bits per heavy atom. The summed E-state index contributed by atoms with van der Waals surface area (Å²) in [6.07, 6.45) is 1.90. The van der Waals surface area contributed by atoms with Crippen LogP contribution in [0.1, 0.15) is 19.3 Å². The van der Waals surface area contributed by atoms with Gasteiger partial charge in [-0.15, -0.1) is 0 Å². The van der Waals surface area contributed by atoms with Crippen molar-refractivity contribution >= 4 is 36.7 Å². The minimum Gasteiger partial charge on any atom is -0.322 e. The maximum absolute atomic E-state index is 11.5. The van der Waals surface area contributed by atoms with Gasteiger partial charge in [0.2, 0.25) is 9.05 Å². The van der Waals surface area contributed by atoms with Gasteiger partial charge < -0.3 is 4.90 Å². The van der Waals surface area contributed by atoms with E-state index in [1.54, 1.807) is 11.8 Å². The lowest BCUT2D eigenvalue weighted by Crippen LogP contribution is -2.27. The van der Waals surface area contributed by atoms with Gasteiger partial charge in [0.05, 0.1) is 11.3 Å². The quantitative estimate of drug-likeness (QED) is 0.738. The fourth-order valence-corrected chi connectivity index (χ4v) is 4.58. The van der Waals surface area contributed by atoms with Gasteiger partial charge in [-0.1, -0.05) is 11.8 Å². The number of nitrogens with zero attached hydrogens (tertiary/aromatic N) is 2. The van der Waals surface area contributed by atoms with Crippen molar-refractivity contribution in [1.82, 2.24) is 4.90 Å². The molecule has 0 radical (unpaired) electrons. The van der Waals surface area contributed by atoms with Crippen LogP contribution in [-0.4, -0.2) is 36.3 Å². The number of rotatable bonds is 3. The molecule has 16 heavy (non-hydrogen) atoms. The highest BCUT2D eigenvalue weighted by Crippen LogP contribution is 2.51. The molecule has 2 aliphatic heterocycles. The maximum Gasteiger partial charge on any atom is 0.238 e. The van der Waals surface area contributed by atoms with Crippen LogP contribution in [0.2, 0.25) is 0 Å². The zero-order valence-electron chi connectivity index (χ0n) is 8.52. The molecule has 0 spiro atoms. The smallest absolute Gasteiger partial charge is 0.238 e. The standard InChI is InChI=1S/C9H11ClN2O2S2/c10-16(13,14)9(1-2-9)5-7-6-15-8-11-3-4-12(7)8/h6H,1-5H2. The Morgan fingerprint density at radius 3 is 2.94 bits per heavy atom. The van der Waals surface area contributed by atoms with Crippen LogP contribution in [0.5, 0.6) is 0 Å². The summed E-state index contributed by atoms with van der Waals surface area (Å²) in [5.41, 5.74) is 1.06. The van der Waals surface area contributed by atoms with Gasteiger partial charge in [0.15, 0.2) is 5.17 Å². The second kappa shape index (κ2) is 3.40. The third-order valence-electron chi connectivity index (χ3n) is 3.28. The topological polar surface area (TPSA) is 49.7 Å². The molecule has 0 N–H and O–H groups in total. The zero-order valence-corrected chi connectivity index (χ0v) is 10.9. The SMILES string of the molecule is O=S(=O)(Cl)C1(CC2=CSC3=NCCN23)CC1. The molecule has 7 heteroatoms. The van der Waals surface area contributed by atoms with Gasteiger partial charge in [-0.05, 0) is 18.2 Å². The van der Waals surface area contributed by atoms with Gasteiger partial charge >= 0.3 is 0 Å². The van der Waals surface area contributed by atoms with Crippen LogP contribution in [0.15, 0.2) is 16.1 Å². The highest BCUT2D eigenvalue weighted by Gasteiger charge is 2.55. The van der Waals surface area contributed by atoms with Crippen molar-refractivity contribution < 1.29 is 8.42 Å². The molecular formula is C9H11ClN2O2S2. The number of hydrogen-bond donors (Lipinski definition) is 0. The number of halogens is 1. The average Bonchev–Trinajstić information content (AvgIpc) is 2.70. The van der Waals surface area contributed by atoms with E-state index < -0.39 is 13.8 Å². The molecule has 0 aromatic carbocycles.